The molecule has 2 saturated heterocycles. The van der Waals surface area contributed by atoms with E-state index in [0.717, 1.165) is 16.9 Å². The number of benzene rings is 2. The number of hydrogen-bond acceptors (Lipinski definition) is 9. The number of rotatable bonds is 7. The number of methoxy groups -OCH3 is 2. The molecule has 0 bridgehead atoms. The van der Waals surface area contributed by atoms with Gasteiger partial charge in [-0.1, -0.05) is 0 Å². The van der Waals surface area contributed by atoms with Crippen LogP contribution in [0.3, 0.4) is 0 Å². The van der Waals surface area contributed by atoms with Crippen molar-refractivity contribution in [3.63, 3.8) is 0 Å². The number of nitrogens with zero attached hydrogens (tertiary/aromatic N) is 5. The fraction of sp³-hybridized carbons (Fsp3) is 0.417. The summed E-state index contributed by atoms with van der Waals surface area (Å²) in [4.78, 5) is 2.05. The molecule has 2 aliphatic heterocycles. The highest BCUT2D eigenvalue weighted by molar-refractivity contribution is 7.80. The highest BCUT2D eigenvalue weighted by Crippen LogP contribution is 2.36. The van der Waals surface area contributed by atoms with E-state index in [1.54, 1.807) is 25.0 Å². The lowest BCUT2D eigenvalue weighted by atomic mass is 10.1. The molecule has 2 aliphatic rings. The molecule has 2 aromatic carbocycles. The molecule has 0 spiro atoms. The monoisotopic (exact) mass is 511 g/mol. The summed E-state index contributed by atoms with van der Waals surface area (Å²) in [6, 6.07) is 13.3. The van der Waals surface area contributed by atoms with Crippen LogP contribution in [-0.4, -0.2) is 85.1 Å². The number of hydrogen-bond donors (Lipinski definition) is 2. The summed E-state index contributed by atoms with van der Waals surface area (Å²) in [6.45, 7) is 0.888. The molecule has 0 unspecified atom stereocenters. The maximum atomic E-state index is 6.15. The smallest absolute Gasteiger partial charge is 0.182 e. The summed E-state index contributed by atoms with van der Waals surface area (Å²) >= 11 is 5.56. The zero-order valence-corrected chi connectivity index (χ0v) is 21.4. The van der Waals surface area contributed by atoms with E-state index in [1.165, 1.54) is 0 Å². The molecule has 1 aromatic heterocycles. The van der Waals surface area contributed by atoms with Gasteiger partial charge in [0.1, 0.15) is 29.7 Å². The molecular formula is C24H29N7O4S. The maximum Gasteiger partial charge on any atom is 0.182 e. The average molecular weight is 512 g/mol. The van der Waals surface area contributed by atoms with Gasteiger partial charge in [-0.15, -0.1) is 5.10 Å². The number of nitrogens with one attached hydrogen (secondary N) is 2. The number of tetrazole rings is 1. The van der Waals surface area contributed by atoms with Gasteiger partial charge in [0.15, 0.2) is 10.9 Å². The molecule has 5 rings (SSSR count). The van der Waals surface area contributed by atoms with Crippen LogP contribution in [0.15, 0.2) is 42.5 Å². The van der Waals surface area contributed by atoms with Crippen LogP contribution in [0, 0.1) is 0 Å². The van der Waals surface area contributed by atoms with Gasteiger partial charge in [0.25, 0.3) is 0 Å². The largest absolute Gasteiger partial charge is 0.497 e. The van der Waals surface area contributed by atoms with Gasteiger partial charge in [-0.05, 0) is 46.9 Å². The molecule has 11 nitrogen and oxygen atoms in total. The van der Waals surface area contributed by atoms with Crippen LogP contribution in [0.5, 0.6) is 11.5 Å². The second kappa shape index (κ2) is 10.2. The van der Waals surface area contributed by atoms with Crippen molar-refractivity contribution in [2.24, 2.45) is 0 Å². The average Bonchev–Trinajstić information content (AvgIpc) is 3.61. The van der Waals surface area contributed by atoms with E-state index < -0.39 is 0 Å². The lowest BCUT2D eigenvalue weighted by Crippen LogP contribution is -2.45. The quantitative estimate of drug-likeness (QED) is 0.456. The maximum absolute atomic E-state index is 6.15. The van der Waals surface area contributed by atoms with Gasteiger partial charge in [-0.3, -0.25) is 0 Å². The summed E-state index contributed by atoms with van der Waals surface area (Å²) < 4.78 is 24.8. The first-order valence-electron chi connectivity index (χ1n) is 11.6. The summed E-state index contributed by atoms with van der Waals surface area (Å²) in [5.74, 6) is 2.01. The topological polar surface area (TPSA) is 108 Å². The predicted octanol–water partition coefficient (Wildman–Crippen LogP) is 2.12. The third kappa shape index (κ3) is 4.79. The lowest BCUT2D eigenvalue weighted by Gasteiger charge is -2.20. The van der Waals surface area contributed by atoms with Crippen molar-refractivity contribution in [1.29, 1.82) is 0 Å². The Hall–Kier alpha value is -3.48. The fourth-order valence-electron chi connectivity index (χ4n) is 4.54. The molecule has 190 valence electrons. The van der Waals surface area contributed by atoms with Crippen LogP contribution in [0.1, 0.15) is 6.04 Å². The summed E-state index contributed by atoms with van der Waals surface area (Å²) in [7, 11) is 7.22. The van der Waals surface area contributed by atoms with Crippen molar-refractivity contribution in [2.75, 3.05) is 51.7 Å². The molecule has 2 fully saturated rings. The molecule has 3 heterocycles. The van der Waals surface area contributed by atoms with E-state index in [1.807, 2.05) is 55.4 Å². The SMILES string of the molecule is COc1cc(NC(=S)N[C@H]2CO[C@H]3[C@H]2OC[C@H]3n2nnnc2-c2ccc(N(C)C)cc2)cc(OC)c1. The Kier molecular flexibility index (Phi) is 6.90. The Balaban J connectivity index is 1.25. The van der Waals surface area contributed by atoms with Crippen LogP contribution in [0.2, 0.25) is 0 Å². The molecule has 0 amide bonds. The van der Waals surface area contributed by atoms with E-state index in [4.69, 9.17) is 31.2 Å². The zero-order valence-electron chi connectivity index (χ0n) is 20.5. The van der Waals surface area contributed by atoms with Gasteiger partial charge >= 0.3 is 0 Å². The second-order valence-electron chi connectivity index (χ2n) is 8.86. The Labute approximate surface area is 214 Å². The van der Waals surface area contributed by atoms with E-state index in [-0.39, 0.29) is 24.3 Å². The normalized spacial score (nSPS) is 22.7. The standard InChI is InChI=1S/C24H29N7O4S/c1-30(2)16-7-5-14(6-8-16)23-27-28-29-31(23)20-13-35-21-19(12-34-22(20)21)26-24(36)25-15-9-17(32-3)11-18(10-15)33-4/h5-11,19-22H,12-13H2,1-4H3,(H2,25,26,36)/t19-,20+,21-,22+/m0/s1. The second-order valence-corrected chi connectivity index (χ2v) is 9.27. The first kappa shape index (κ1) is 24.2. The number of ether oxygens (including phenoxy) is 4. The van der Waals surface area contributed by atoms with E-state index in [2.05, 4.69) is 26.2 Å². The molecule has 2 N–H and O–H groups in total. The summed E-state index contributed by atoms with van der Waals surface area (Å²) in [5.41, 5.74) is 2.79. The van der Waals surface area contributed by atoms with Gasteiger partial charge in [-0.25, -0.2) is 4.68 Å². The third-order valence-electron chi connectivity index (χ3n) is 6.40. The molecule has 0 saturated carbocycles. The first-order chi connectivity index (χ1) is 17.5. The molecular weight excluding hydrogens is 482 g/mol. The Bertz CT molecular complexity index is 1200. The van der Waals surface area contributed by atoms with Crippen molar-refractivity contribution < 1.29 is 18.9 Å². The van der Waals surface area contributed by atoms with Crippen molar-refractivity contribution in [3.8, 4) is 22.9 Å². The lowest BCUT2D eigenvalue weighted by molar-refractivity contribution is 0.0626. The molecule has 0 aliphatic carbocycles. The number of fused-ring (bicyclic) bond motifs is 1. The minimum atomic E-state index is -0.203. The third-order valence-corrected chi connectivity index (χ3v) is 6.62. The highest BCUT2D eigenvalue weighted by Gasteiger charge is 2.49. The van der Waals surface area contributed by atoms with E-state index in [9.17, 15) is 0 Å². The fourth-order valence-corrected chi connectivity index (χ4v) is 4.81. The highest BCUT2D eigenvalue weighted by atomic mass is 32.1. The predicted molar refractivity (Wildman–Crippen MR) is 139 cm³/mol. The van der Waals surface area contributed by atoms with Crippen molar-refractivity contribution >= 4 is 28.7 Å². The number of aromatic nitrogens is 4. The minimum absolute atomic E-state index is 0.119. The van der Waals surface area contributed by atoms with Crippen LogP contribution < -0.4 is 25.0 Å². The van der Waals surface area contributed by atoms with Crippen LogP contribution in [-0.2, 0) is 9.47 Å². The first-order valence-corrected chi connectivity index (χ1v) is 12.0. The van der Waals surface area contributed by atoms with E-state index in [0.29, 0.717) is 35.6 Å². The van der Waals surface area contributed by atoms with Gasteiger partial charge in [0.05, 0.1) is 33.5 Å². The van der Waals surface area contributed by atoms with Gasteiger partial charge in [0.2, 0.25) is 0 Å². The summed E-state index contributed by atoms with van der Waals surface area (Å²) in [6.07, 6.45) is -0.395. The Morgan fingerprint density at radius 3 is 2.39 bits per heavy atom. The van der Waals surface area contributed by atoms with Crippen molar-refractivity contribution in [3.05, 3.63) is 42.5 Å². The van der Waals surface area contributed by atoms with Crippen LogP contribution in [0.4, 0.5) is 11.4 Å². The summed E-state index contributed by atoms with van der Waals surface area (Å²) in [5, 5.41) is 19.4. The Morgan fingerprint density at radius 1 is 1.03 bits per heavy atom. The zero-order chi connectivity index (χ0) is 25.2. The minimum Gasteiger partial charge on any atom is -0.497 e. The molecule has 0 radical (unpaired) electrons. The Morgan fingerprint density at radius 2 is 1.72 bits per heavy atom. The molecule has 12 heteroatoms. The van der Waals surface area contributed by atoms with Gasteiger partial charge in [0, 0.05) is 49.2 Å². The van der Waals surface area contributed by atoms with Gasteiger partial charge in [-0.2, -0.15) is 0 Å². The van der Waals surface area contributed by atoms with Gasteiger partial charge < -0.3 is 34.5 Å². The number of thiocarbonyl (C=S) groups is 1. The molecule has 4 atom stereocenters. The van der Waals surface area contributed by atoms with Crippen LogP contribution >= 0.6 is 12.2 Å². The van der Waals surface area contributed by atoms with Crippen molar-refractivity contribution in [2.45, 2.75) is 24.3 Å². The van der Waals surface area contributed by atoms with Crippen LogP contribution in [0.25, 0.3) is 11.4 Å². The van der Waals surface area contributed by atoms with Crippen molar-refractivity contribution in [1.82, 2.24) is 25.5 Å². The molecule has 3 aromatic rings. The number of anilines is 2. The molecule has 36 heavy (non-hydrogen) atoms. The van der Waals surface area contributed by atoms with E-state index >= 15 is 0 Å².